The summed E-state index contributed by atoms with van der Waals surface area (Å²) in [5, 5.41) is 2.34. The van der Waals surface area contributed by atoms with Gasteiger partial charge in [-0.3, -0.25) is 19.0 Å². The van der Waals surface area contributed by atoms with Crippen molar-refractivity contribution in [1.82, 2.24) is 9.55 Å². The van der Waals surface area contributed by atoms with E-state index in [1.807, 2.05) is 6.07 Å². The number of fused-ring (bicyclic) bond motifs is 1. The van der Waals surface area contributed by atoms with Crippen LogP contribution in [0.5, 0.6) is 0 Å². The number of rotatable bonds is 6. The first-order chi connectivity index (χ1) is 12.1. The Morgan fingerprint density at radius 2 is 2.00 bits per heavy atom. The highest BCUT2D eigenvalue weighted by molar-refractivity contribution is 7.16. The minimum atomic E-state index is -0.871. The SMILES string of the molecule is C[C@H](OC(=O)CCn1cnc2sccc2c1=O)C(=O)c1ccccc1. The lowest BCUT2D eigenvalue weighted by atomic mass is 10.1. The van der Waals surface area contributed by atoms with E-state index in [1.165, 1.54) is 22.2 Å². The Morgan fingerprint density at radius 1 is 1.24 bits per heavy atom. The molecule has 0 bridgehead atoms. The van der Waals surface area contributed by atoms with Crippen LogP contribution in [0, 0.1) is 0 Å². The first-order valence-corrected chi connectivity index (χ1v) is 8.65. The minimum Gasteiger partial charge on any atom is -0.454 e. The quantitative estimate of drug-likeness (QED) is 0.501. The zero-order valence-electron chi connectivity index (χ0n) is 13.5. The Kier molecular flexibility index (Phi) is 5.04. The largest absolute Gasteiger partial charge is 0.454 e. The molecular weight excluding hydrogens is 340 g/mol. The lowest BCUT2D eigenvalue weighted by Gasteiger charge is -2.12. The highest BCUT2D eigenvalue weighted by atomic mass is 32.1. The molecule has 2 aromatic heterocycles. The number of nitrogens with zero attached hydrogens (tertiary/aromatic N) is 2. The Labute approximate surface area is 147 Å². The van der Waals surface area contributed by atoms with Gasteiger partial charge < -0.3 is 4.74 Å². The summed E-state index contributed by atoms with van der Waals surface area (Å²) >= 11 is 1.39. The summed E-state index contributed by atoms with van der Waals surface area (Å²) in [5.74, 6) is -0.790. The van der Waals surface area contributed by atoms with Crippen LogP contribution >= 0.6 is 11.3 Å². The smallest absolute Gasteiger partial charge is 0.308 e. The molecule has 0 amide bonds. The van der Waals surface area contributed by atoms with E-state index >= 15 is 0 Å². The number of hydrogen-bond donors (Lipinski definition) is 0. The van der Waals surface area contributed by atoms with E-state index in [1.54, 1.807) is 42.6 Å². The molecule has 0 aliphatic rings. The van der Waals surface area contributed by atoms with Gasteiger partial charge in [-0.1, -0.05) is 30.3 Å². The number of hydrogen-bond acceptors (Lipinski definition) is 6. The maximum Gasteiger partial charge on any atom is 0.308 e. The van der Waals surface area contributed by atoms with Crippen LogP contribution in [-0.4, -0.2) is 27.4 Å². The molecule has 0 saturated carbocycles. The number of esters is 1. The van der Waals surface area contributed by atoms with Crippen molar-refractivity contribution >= 4 is 33.3 Å². The van der Waals surface area contributed by atoms with Crippen LogP contribution in [0.15, 0.2) is 52.9 Å². The van der Waals surface area contributed by atoms with Gasteiger partial charge in [0, 0.05) is 12.1 Å². The Morgan fingerprint density at radius 3 is 2.76 bits per heavy atom. The van der Waals surface area contributed by atoms with Crippen LogP contribution in [0.25, 0.3) is 10.2 Å². The molecule has 0 aliphatic carbocycles. The lowest BCUT2D eigenvalue weighted by molar-refractivity contribution is -0.146. The Bertz CT molecular complexity index is 962. The van der Waals surface area contributed by atoms with Gasteiger partial charge in [0.1, 0.15) is 4.83 Å². The molecule has 1 atom stereocenters. The second kappa shape index (κ2) is 7.40. The van der Waals surface area contributed by atoms with E-state index in [-0.39, 0.29) is 24.3 Å². The van der Waals surface area contributed by atoms with Crippen LogP contribution < -0.4 is 5.56 Å². The maximum atomic E-state index is 12.2. The molecule has 3 aromatic rings. The van der Waals surface area contributed by atoms with Crippen LogP contribution in [-0.2, 0) is 16.1 Å². The number of ketones is 1. The number of ether oxygens (including phenoxy) is 1. The first-order valence-electron chi connectivity index (χ1n) is 7.77. The number of carbonyl (C=O) groups excluding carboxylic acids is 2. The van der Waals surface area contributed by atoms with E-state index < -0.39 is 12.1 Å². The molecule has 3 rings (SSSR count). The molecule has 0 radical (unpaired) electrons. The number of Topliss-reactive ketones (excluding diaryl/α,β-unsaturated/α-hetero) is 1. The molecule has 1 aromatic carbocycles. The highest BCUT2D eigenvalue weighted by Crippen LogP contribution is 2.13. The fourth-order valence-corrected chi connectivity index (χ4v) is 3.13. The average Bonchev–Trinajstić information content (AvgIpc) is 3.11. The first kappa shape index (κ1) is 17.0. The van der Waals surface area contributed by atoms with Gasteiger partial charge >= 0.3 is 5.97 Å². The summed E-state index contributed by atoms with van der Waals surface area (Å²) in [7, 11) is 0. The summed E-state index contributed by atoms with van der Waals surface area (Å²) in [4.78, 5) is 41.3. The minimum absolute atomic E-state index is 0.0103. The molecular formula is C18H16N2O4S. The second-order valence-corrected chi connectivity index (χ2v) is 6.39. The van der Waals surface area contributed by atoms with Crippen LogP contribution in [0.2, 0.25) is 0 Å². The molecule has 25 heavy (non-hydrogen) atoms. The molecule has 0 N–H and O–H groups in total. The molecule has 6 nitrogen and oxygen atoms in total. The van der Waals surface area contributed by atoms with Crippen molar-refractivity contribution < 1.29 is 14.3 Å². The molecule has 0 spiro atoms. The third-order valence-corrected chi connectivity index (χ3v) is 4.56. The van der Waals surface area contributed by atoms with Gasteiger partial charge in [0.2, 0.25) is 5.78 Å². The molecule has 128 valence electrons. The Balaban J connectivity index is 1.59. The monoisotopic (exact) mass is 356 g/mol. The molecule has 2 heterocycles. The molecule has 0 unspecified atom stereocenters. The topological polar surface area (TPSA) is 78.3 Å². The van der Waals surface area contributed by atoms with Crippen molar-refractivity contribution in [2.75, 3.05) is 0 Å². The molecule has 0 fully saturated rings. The fraction of sp³-hybridized carbons (Fsp3) is 0.222. The van der Waals surface area contributed by atoms with E-state index in [2.05, 4.69) is 4.98 Å². The summed E-state index contributed by atoms with van der Waals surface area (Å²) in [6, 6.07) is 10.4. The second-order valence-electron chi connectivity index (χ2n) is 5.49. The van der Waals surface area contributed by atoms with Gasteiger partial charge in [0.15, 0.2) is 6.10 Å². The van der Waals surface area contributed by atoms with Crippen molar-refractivity contribution in [3.05, 3.63) is 64.0 Å². The summed E-state index contributed by atoms with van der Waals surface area (Å²) in [6.45, 7) is 1.70. The Hall–Kier alpha value is -2.80. The molecule has 0 saturated heterocycles. The molecule has 7 heteroatoms. The predicted octanol–water partition coefficient (Wildman–Crippen LogP) is 2.66. The maximum absolute atomic E-state index is 12.2. The van der Waals surface area contributed by atoms with Gasteiger partial charge in [-0.15, -0.1) is 11.3 Å². The van der Waals surface area contributed by atoms with Crippen molar-refractivity contribution in [3.63, 3.8) is 0 Å². The number of thiophene rings is 1. The standard InChI is InChI=1S/C18H16N2O4S/c1-12(16(22)13-5-3-2-4-6-13)24-15(21)7-9-20-11-19-17-14(18(20)23)8-10-25-17/h2-6,8,10-12H,7,9H2,1H3/t12-/m0/s1. The zero-order valence-corrected chi connectivity index (χ0v) is 14.4. The molecule has 0 aliphatic heterocycles. The van der Waals surface area contributed by atoms with Crippen LogP contribution in [0.1, 0.15) is 23.7 Å². The van der Waals surface area contributed by atoms with E-state index in [4.69, 9.17) is 4.74 Å². The average molecular weight is 356 g/mol. The number of carbonyl (C=O) groups is 2. The third kappa shape index (κ3) is 3.83. The van der Waals surface area contributed by atoms with Gasteiger partial charge in [-0.25, -0.2) is 4.98 Å². The van der Waals surface area contributed by atoms with E-state index in [0.717, 1.165) is 0 Å². The number of aromatic nitrogens is 2. The summed E-state index contributed by atoms with van der Waals surface area (Å²) in [5.41, 5.74) is 0.304. The predicted molar refractivity (Wildman–Crippen MR) is 94.8 cm³/mol. The van der Waals surface area contributed by atoms with E-state index in [9.17, 15) is 14.4 Å². The number of aryl methyl sites for hydroxylation is 1. The van der Waals surface area contributed by atoms with Gasteiger partial charge in [-0.05, 0) is 18.4 Å². The van der Waals surface area contributed by atoms with Crippen LogP contribution in [0.4, 0.5) is 0 Å². The van der Waals surface area contributed by atoms with Crippen molar-refractivity contribution in [2.45, 2.75) is 26.0 Å². The number of benzene rings is 1. The summed E-state index contributed by atoms with van der Waals surface area (Å²) < 4.78 is 6.55. The van der Waals surface area contributed by atoms with E-state index in [0.29, 0.717) is 15.8 Å². The van der Waals surface area contributed by atoms with Crippen molar-refractivity contribution in [3.8, 4) is 0 Å². The fourth-order valence-electron chi connectivity index (χ4n) is 2.41. The normalized spacial score (nSPS) is 12.0. The zero-order chi connectivity index (χ0) is 17.8. The third-order valence-electron chi connectivity index (χ3n) is 3.74. The van der Waals surface area contributed by atoms with Crippen molar-refractivity contribution in [1.29, 1.82) is 0 Å². The summed E-state index contributed by atoms with van der Waals surface area (Å²) in [6.07, 6.45) is 0.542. The van der Waals surface area contributed by atoms with Gasteiger partial charge in [0.25, 0.3) is 5.56 Å². The lowest BCUT2D eigenvalue weighted by Crippen LogP contribution is -2.26. The van der Waals surface area contributed by atoms with Crippen LogP contribution in [0.3, 0.4) is 0 Å². The van der Waals surface area contributed by atoms with Gasteiger partial charge in [-0.2, -0.15) is 0 Å². The van der Waals surface area contributed by atoms with Crippen molar-refractivity contribution in [2.24, 2.45) is 0 Å². The van der Waals surface area contributed by atoms with Gasteiger partial charge in [0.05, 0.1) is 18.1 Å². The highest BCUT2D eigenvalue weighted by Gasteiger charge is 2.19.